The average Bonchev–Trinajstić information content (AvgIpc) is 3.29. The van der Waals surface area contributed by atoms with E-state index >= 15 is 0 Å². The van der Waals surface area contributed by atoms with E-state index in [0.29, 0.717) is 23.7 Å². The molecule has 1 aliphatic heterocycles. The number of amides is 2. The van der Waals surface area contributed by atoms with Crippen molar-refractivity contribution < 1.29 is 9.59 Å². The molecular formula is C21H20N4O2S. The Bertz CT molecular complexity index is 1030. The number of aryl methyl sites for hydroxylation is 2. The van der Waals surface area contributed by atoms with Gasteiger partial charge in [0.2, 0.25) is 11.0 Å². The lowest BCUT2D eigenvalue weighted by Gasteiger charge is -2.18. The summed E-state index contributed by atoms with van der Waals surface area (Å²) in [4.78, 5) is 26.7. The van der Waals surface area contributed by atoms with Crippen molar-refractivity contribution in [3.63, 3.8) is 0 Å². The Balaban J connectivity index is 1.46. The summed E-state index contributed by atoms with van der Waals surface area (Å²) in [5.74, 6) is -0.152. The van der Waals surface area contributed by atoms with Crippen molar-refractivity contribution in [1.82, 2.24) is 10.2 Å². The van der Waals surface area contributed by atoms with Crippen LogP contribution >= 0.6 is 11.3 Å². The Kier molecular flexibility index (Phi) is 4.92. The molecule has 1 unspecified atom stereocenters. The van der Waals surface area contributed by atoms with Gasteiger partial charge in [0.15, 0.2) is 0 Å². The minimum Gasteiger partial charge on any atom is -0.311 e. The summed E-state index contributed by atoms with van der Waals surface area (Å²) in [5, 5.41) is 12.3. The molecule has 1 fully saturated rings. The molecule has 142 valence electrons. The summed E-state index contributed by atoms with van der Waals surface area (Å²) in [5.41, 5.74) is 3.68. The van der Waals surface area contributed by atoms with Crippen LogP contribution in [0.5, 0.6) is 0 Å². The van der Waals surface area contributed by atoms with Crippen molar-refractivity contribution in [3.05, 3.63) is 70.2 Å². The van der Waals surface area contributed by atoms with E-state index in [1.807, 2.05) is 55.1 Å². The molecule has 0 aliphatic carbocycles. The standard InChI is InChI=1S/C21H20N4O2S/c1-13-7-9-15(10-8-13)19(27)22-21-24-23-20(28-21)16-11-18(26)25(12-16)17-6-4-3-5-14(17)2/h3-10,16H,11-12H2,1-2H3,(H,22,24,27). The molecule has 2 aromatic carbocycles. The van der Waals surface area contributed by atoms with Crippen LogP contribution in [0.3, 0.4) is 0 Å². The zero-order chi connectivity index (χ0) is 19.7. The van der Waals surface area contributed by atoms with Crippen molar-refractivity contribution >= 4 is 34.0 Å². The first kappa shape index (κ1) is 18.3. The first-order valence-corrected chi connectivity index (χ1v) is 9.90. The molecule has 1 aromatic heterocycles. The van der Waals surface area contributed by atoms with Gasteiger partial charge in [0.1, 0.15) is 5.01 Å². The van der Waals surface area contributed by atoms with Crippen LogP contribution in [0.25, 0.3) is 0 Å². The van der Waals surface area contributed by atoms with E-state index in [1.54, 1.807) is 12.1 Å². The van der Waals surface area contributed by atoms with Crippen LogP contribution in [0.15, 0.2) is 48.5 Å². The number of hydrogen-bond donors (Lipinski definition) is 1. The number of hydrogen-bond acceptors (Lipinski definition) is 5. The lowest BCUT2D eigenvalue weighted by atomic mass is 10.1. The highest BCUT2D eigenvalue weighted by molar-refractivity contribution is 7.15. The maximum absolute atomic E-state index is 12.5. The van der Waals surface area contributed by atoms with E-state index in [1.165, 1.54) is 11.3 Å². The number of carbonyl (C=O) groups excluding carboxylic acids is 2. The molecule has 0 saturated carbocycles. The third kappa shape index (κ3) is 3.66. The van der Waals surface area contributed by atoms with Gasteiger partial charge in [-0.05, 0) is 37.6 Å². The van der Waals surface area contributed by atoms with Crippen LogP contribution in [0.4, 0.5) is 10.8 Å². The fourth-order valence-electron chi connectivity index (χ4n) is 3.30. The molecular weight excluding hydrogens is 372 g/mol. The number of aromatic nitrogens is 2. The van der Waals surface area contributed by atoms with E-state index in [0.717, 1.165) is 21.8 Å². The molecule has 4 rings (SSSR count). The summed E-state index contributed by atoms with van der Waals surface area (Å²) < 4.78 is 0. The Morgan fingerprint density at radius 2 is 1.86 bits per heavy atom. The topological polar surface area (TPSA) is 75.2 Å². The maximum Gasteiger partial charge on any atom is 0.257 e. The normalized spacial score (nSPS) is 16.4. The number of para-hydroxylation sites is 1. The SMILES string of the molecule is Cc1ccc(C(=O)Nc2nnc(C3CC(=O)N(c4ccccc4C)C3)s2)cc1. The van der Waals surface area contributed by atoms with Crippen LogP contribution in [0.1, 0.15) is 38.8 Å². The average molecular weight is 392 g/mol. The van der Waals surface area contributed by atoms with Crippen LogP contribution < -0.4 is 10.2 Å². The smallest absolute Gasteiger partial charge is 0.257 e. The highest BCUT2D eigenvalue weighted by Crippen LogP contribution is 2.35. The van der Waals surface area contributed by atoms with Gasteiger partial charge in [-0.3, -0.25) is 14.9 Å². The monoisotopic (exact) mass is 392 g/mol. The summed E-state index contributed by atoms with van der Waals surface area (Å²) in [6, 6.07) is 15.2. The predicted molar refractivity (Wildman–Crippen MR) is 110 cm³/mol. The van der Waals surface area contributed by atoms with E-state index in [4.69, 9.17) is 0 Å². The highest BCUT2D eigenvalue weighted by atomic mass is 32.1. The van der Waals surface area contributed by atoms with Gasteiger partial charge in [0, 0.05) is 30.1 Å². The highest BCUT2D eigenvalue weighted by Gasteiger charge is 2.34. The summed E-state index contributed by atoms with van der Waals surface area (Å²) in [6.07, 6.45) is 0.398. The molecule has 1 aliphatic rings. The van der Waals surface area contributed by atoms with Crippen molar-refractivity contribution in [2.75, 3.05) is 16.8 Å². The van der Waals surface area contributed by atoms with Gasteiger partial charge in [0.05, 0.1) is 0 Å². The minimum absolute atomic E-state index is 0.0189. The number of benzene rings is 2. The minimum atomic E-state index is -0.216. The molecule has 7 heteroatoms. The Labute approximate surface area is 167 Å². The molecule has 0 radical (unpaired) electrons. The molecule has 0 bridgehead atoms. The van der Waals surface area contributed by atoms with Gasteiger partial charge < -0.3 is 4.90 Å². The first-order valence-electron chi connectivity index (χ1n) is 9.08. The molecule has 1 N–H and O–H groups in total. The van der Waals surface area contributed by atoms with Crippen LogP contribution in [0.2, 0.25) is 0 Å². The van der Waals surface area contributed by atoms with Gasteiger partial charge in [-0.2, -0.15) is 0 Å². The third-order valence-corrected chi connectivity index (χ3v) is 5.86. The second-order valence-electron chi connectivity index (χ2n) is 6.96. The number of nitrogens with zero attached hydrogens (tertiary/aromatic N) is 3. The molecule has 1 atom stereocenters. The second kappa shape index (κ2) is 7.52. The van der Waals surface area contributed by atoms with Crippen molar-refractivity contribution in [3.8, 4) is 0 Å². The maximum atomic E-state index is 12.5. The number of rotatable bonds is 4. The molecule has 3 aromatic rings. The second-order valence-corrected chi connectivity index (χ2v) is 7.97. The Morgan fingerprint density at radius 1 is 1.11 bits per heavy atom. The van der Waals surface area contributed by atoms with E-state index in [-0.39, 0.29) is 17.7 Å². The fourth-order valence-corrected chi connectivity index (χ4v) is 4.13. The molecule has 2 heterocycles. The third-order valence-electron chi connectivity index (χ3n) is 4.86. The zero-order valence-corrected chi connectivity index (χ0v) is 16.5. The quantitative estimate of drug-likeness (QED) is 0.730. The Morgan fingerprint density at radius 3 is 2.61 bits per heavy atom. The van der Waals surface area contributed by atoms with Gasteiger partial charge in [-0.15, -0.1) is 10.2 Å². The number of nitrogens with one attached hydrogen (secondary N) is 1. The largest absolute Gasteiger partial charge is 0.311 e. The molecule has 1 saturated heterocycles. The van der Waals surface area contributed by atoms with Crippen molar-refractivity contribution in [2.24, 2.45) is 0 Å². The lowest BCUT2D eigenvalue weighted by Crippen LogP contribution is -2.25. The number of carbonyl (C=O) groups is 2. The zero-order valence-electron chi connectivity index (χ0n) is 15.7. The Hall–Kier alpha value is -3.06. The molecule has 28 heavy (non-hydrogen) atoms. The summed E-state index contributed by atoms with van der Waals surface area (Å²) in [6.45, 7) is 4.55. The van der Waals surface area contributed by atoms with Crippen LogP contribution in [0, 0.1) is 13.8 Å². The number of anilines is 2. The summed E-state index contributed by atoms with van der Waals surface area (Å²) in [7, 11) is 0. The first-order chi connectivity index (χ1) is 13.5. The van der Waals surface area contributed by atoms with Crippen molar-refractivity contribution in [2.45, 2.75) is 26.2 Å². The van der Waals surface area contributed by atoms with Gasteiger partial charge in [-0.1, -0.05) is 47.2 Å². The molecule has 0 spiro atoms. The van der Waals surface area contributed by atoms with Crippen molar-refractivity contribution in [1.29, 1.82) is 0 Å². The van der Waals surface area contributed by atoms with Gasteiger partial charge in [-0.25, -0.2) is 0 Å². The molecule has 6 nitrogen and oxygen atoms in total. The van der Waals surface area contributed by atoms with Gasteiger partial charge >= 0.3 is 0 Å². The van der Waals surface area contributed by atoms with Crippen LogP contribution in [-0.4, -0.2) is 28.6 Å². The predicted octanol–water partition coefficient (Wildman–Crippen LogP) is 3.93. The van der Waals surface area contributed by atoms with E-state index in [2.05, 4.69) is 15.5 Å². The lowest BCUT2D eigenvalue weighted by molar-refractivity contribution is -0.117. The van der Waals surface area contributed by atoms with E-state index < -0.39 is 0 Å². The summed E-state index contributed by atoms with van der Waals surface area (Å²) >= 11 is 1.33. The van der Waals surface area contributed by atoms with Gasteiger partial charge in [0.25, 0.3) is 5.91 Å². The molecule has 2 amide bonds. The van der Waals surface area contributed by atoms with Crippen LogP contribution in [-0.2, 0) is 4.79 Å². The van der Waals surface area contributed by atoms with E-state index in [9.17, 15) is 9.59 Å². The fraction of sp³-hybridized carbons (Fsp3) is 0.238.